The van der Waals surface area contributed by atoms with Crippen molar-refractivity contribution < 1.29 is 9.63 Å². The molecule has 108 valence electrons. The Hall–Kier alpha value is -0.940. The predicted octanol–water partition coefficient (Wildman–Crippen LogP) is 2.15. The molecule has 2 rings (SSSR count). The molecule has 0 aromatic carbocycles. The third-order valence-electron chi connectivity index (χ3n) is 3.98. The number of aromatic nitrogens is 2. The second-order valence-corrected chi connectivity index (χ2v) is 5.50. The van der Waals surface area contributed by atoms with Gasteiger partial charge in [0.2, 0.25) is 5.89 Å². The number of aliphatic hydroxyl groups excluding tert-OH is 1. The van der Waals surface area contributed by atoms with Gasteiger partial charge in [-0.05, 0) is 26.2 Å². The number of likely N-dealkylation sites (tertiary alicyclic amines) is 1. The summed E-state index contributed by atoms with van der Waals surface area (Å²) >= 11 is 0. The van der Waals surface area contributed by atoms with E-state index < -0.39 is 0 Å². The van der Waals surface area contributed by atoms with E-state index in [-0.39, 0.29) is 12.6 Å². The molecule has 1 aromatic heterocycles. The van der Waals surface area contributed by atoms with Gasteiger partial charge < -0.3 is 9.63 Å². The van der Waals surface area contributed by atoms with Crippen LogP contribution in [0.15, 0.2) is 4.52 Å². The zero-order chi connectivity index (χ0) is 13.7. The topological polar surface area (TPSA) is 62.4 Å². The first-order valence-electron chi connectivity index (χ1n) is 7.42. The molecule has 1 aromatic rings. The summed E-state index contributed by atoms with van der Waals surface area (Å²) in [6.45, 7) is 5.26. The van der Waals surface area contributed by atoms with Gasteiger partial charge in [-0.2, -0.15) is 4.98 Å². The molecule has 2 heterocycles. The van der Waals surface area contributed by atoms with E-state index in [2.05, 4.69) is 28.9 Å². The highest BCUT2D eigenvalue weighted by Crippen LogP contribution is 2.24. The Morgan fingerprint density at radius 2 is 2.26 bits per heavy atom. The van der Waals surface area contributed by atoms with Crippen LogP contribution in [0.2, 0.25) is 0 Å². The van der Waals surface area contributed by atoms with Crippen molar-refractivity contribution in [3.05, 3.63) is 11.7 Å². The third-order valence-corrected chi connectivity index (χ3v) is 3.98. The molecule has 1 aliphatic rings. The van der Waals surface area contributed by atoms with Gasteiger partial charge in [0.15, 0.2) is 5.82 Å². The Morgan fingerprint density at radius 3 is 3.00 bits per heavy atom. The molecule has 2 atom stereocenters. The molecule has 0 aliphatic carbocycles. The Bertz CT molecular complexity index is 381. The number of rotatable bonds is 6. The van der Waals surface area contributed by atoms with Crippen LogP contribution in [0.1, 0.15) is 57.7 Å². The quantitative estimate of drug-likeness (QED) is 0.855. The molecular formula is C14H25N3O2. The lowest BCUT2D eigenvalue weighted by Gasteiger charge is -2.39. The van der Waals surface area contributed by atoms with E-state index in [1.54, 1.807) is 0 Å². The van der Waals surface area contributed by atoms with Gasteiger partial charge in [0, 0.05) is 18.5 Å². The Balaban J connectivity index is 1.96. The number of nitrogens with zero attached hydrogens (tertiary/aromatic N) is 3. The molecule has 1 fully saturated rings. The molecule has 2 unspecified atom stereocenters. The molecule has 19 heavy (non-hydrogen) atoms. The summed E-state index contributed by atoms with van der Waals surface area (Å²) in [4.78, 5) is 6.75. The van der Waals surface area contributed by atoms with Gasteiger partial charge >= 0.3 is 0 Å². The van der Waals surface area contributed by atoms with Gasteiger partial charge in [-0.25, -0.2) is 0 Å². The van der Waals surface area contributed by atoms with Gasteiger partial charge in [-0.15, -0.1) is 0 Å². The summed E-state index contributed by atoms with van der Waals surface area (Å²) in [5.74, 6) is 1.49. The van der Waals surface area contributed by atoms with Gasteiger partial charge in [0.25, 0.3) is 0 Å². The van der Waals surface area contributed by atoms with E-state index in [1.165, 1.54) is 12.8 Å². The summed E-state index contributed by atoms with van der Waals surface area (Å²) in [5, 5.41) is 13.5. The molecule has 0 saturated carbocycles. The van der Waals surface area contributed by atoms with E-state index in [9.17, 15) is 5.11 Å². The van der Waals surface area contributed by atoms with Crippen molar-refractivity contribution in [2.75, 3.05) is 6.61 Å². The van der Waals surface area contributed by atoms with Crippen molar-refractivity contribution in [2.45, 2.75) is 71.0 Å². The van der Waals surface area contributed by atoms with Crippen LogP contribution in [-0.4, -0.2) is 38.8 Å². The molecule has 0 bridgehead atoms. The summed E-state index contributed by atoms with van der Waals surface area (Å²) in [6.07, 6.45) is 6.51. The fourth-order valence-electron chi connectivity index (χ4n) is 2.77. The van der Waals surface area contributed by atoms with Gasteiger partial charge in [0.1, 0.15) is 0 Å². The fraction of sp³-hybridized carbons (Fsp3) is 0.857. The summed E-state index contributed by atoms with van der Waals surface area (Å²) in [6, 6.07) is 0.713. The van der Waals surface area contributed by atoms with E-state index in [4.69, 9.17) is 4.52 Å². The minimum absolute atomic E-state index is 0.213. The lowest BCUT2D eigenvalue weighted by molar-refractivity contribution is 0.0425. The lowest BCUT2D eigenvalue weighted by Crippen LogP contribution is -2.46. The van der Waals surface area contributed by atoms with Crippen LogP contribution in [0.5, 0.6) is 0 Å². The maximum atomic E-state index is 9.47. The van der Waals surface area contributed by atoms with Crippen molar-refractivity contribution in [2.24, 2.45) is 0 Å². The molecule has 0 amide bonds. The number of piperidine rings is 1. The number of unbranched alkanes of at least 4 members (excludes halogenated alkanes) is 1. The number of aryl methyl sites for hydroxylation is 1. The van der Waals surface area contributed by atoms with Crippen LogP contribution >= 0.6 is 0 Å². The minimum atomic E-state index is 0.213. The van der Waals surface area contributed by atoms with Crippen molar-refractivity contribution in [1.82, 2.24) is 15.0 Å². The molecule has 0 radical (unpaired) electrons. The predicted molar refractivity (Wildman–Crippen MR) is 72.6 cm³/mol. The highest BCUT2D eigenvalue weighted by atomic mass is 16.5. The fourth-order valence-corrected chi connectivity index (χ4v) is 2.77. The first-order chi connectivity index (χ1) is 9.24. The highest BCUT2D eigenvalue weighted by Gasteiger charge is 2.28. The first-order valence-corrected chi connectivity index (χ1v) is 7.42. The SMILES string of the molecule is CCCCc1nc(CN2C(C)CCCC2CO)no1. The van der Waals surface area contributed by atoms with Crippen molar-refractivity contribution >= 4 is 0 Å². The zero-order valence-corrected chi connectivity index (χ0v) is 12.0. The molecule has 1 aliphatic heterocycles. The number of hydrogen-bond donors (Lipinski definition) is 1. The van der Waals surface area contributed by atoms with E-state index >= 15 is 0 Å². The van der Waals surface area contributed by atoms with E-state index in [0.29, 0.717) is 12.6 Å². The van der Waals surface area contributed by atoms with Crippen LogP contribution in [0.4, 0.5) is 0 Å². The van der Waals surface area contributed by atoms with Crippen molar-refractivity contribution in [1.29, 1.82) is 0 Å². The molecule has 1 N–H and O–H groups in total. The number of aliphatic hydroxyl groups is 1. The molecule has 1 saturated heterocycles. The monoisotopic (exact) mass is 267 g/mol. The first kappa shape index (κ1) is 14.5. The summed E-state index contributed by atoms with van der Waals surface area (Å²) < 4.78 is 5.26. The average molecular weight is 267 g/mol. The van der Waals surface area contributed by atoms with Gasteiger partial charge in [-0.3, -0.25) is 4.90 Å². The smallest absolute Gasteiger partial charge is 0.226 e. The molecule has 5 nitrogen and oxygen atoms in total. The minimum Gasteiger partial charge on any atom is -0.395 e. The Morgan fingerprint density at radius 1 is 1.42 bits per heavy atom. The zero-order valence-electron chi connectivity index (χ0n) is 12.0. The highest BCUT2D eigenvalue weighted by molar-refractivity contribution is 4.91. The second kappa shape index (κ2) is 7.01. The van der Waals surface area contributed by atoms with Crippen LogP contribution in [0.25, 0.3) is 0 Å². The lowest BCUT2D eigenvalue weighted by atomic mass is 9.97. The summed E-state index contributed by atoms with van der Waals surface area (Å²) in [5.41, 5.74) is 0. The van der Waals surface area contributed by atoms with Crippen LogP contribution in [0, 0.1) is 0 Å². The van der Waals surface area contributed by atoms with Crippen LogP contribution in [0.3, 0.4) is 0 Å². The van der Waals surface area contributed by atoms with Gasteiger partial charge in [0.05, 0.1) is 13.2 Å². The maximum absolute atomic E-state index is 9.47. The van der Waals surface area contributed by atoms with Crippen LogP contribution in [-0.2, 0) is 13.0 Å². The average Bonchev–Trinajstić information content (AvgIpc) is 2.86. The van der Waals surface area contributed by atoms with E-state index in [1.807, 2.05) is 0 Å². The Kier molecular flexibility index (Phi) is 5.34. The number of hydrogen-bond acceptors (Lipinski definition) is 5. The van der Waals surface area contributed by atoms with Crippen LogP contribution < -0.4 is 0 Å². The standard InChI is InChI=1S/C14H25N3O2/c1-3-4-8-14-15-13(16-19-14)9-17-11(2)6-5-7-12(17)10-18/h11-12,18H,3-10H2,1-2H3. The summed E-state index contributed by atoms with van der Waals surface area (Å²) in [7, 11) is 0. The molecule has 5 heteroatoms. The largest absolute Gasteiger partial charge is 0.395 e. The van der Waals surface area contributed by atoms with Crippen molar-refractivity contribution in [3.63, 3.8) is 0 Å². The van der Waals surface area contributed by atoms with E-state index in [0.717, 1.165) is 37.4 Å². The maximum Gasteiger partial charge on any atom is 0.226 e. The Labute approximate surface area is 115 Å². The third kappa shape index (κ3) is 3.76. The van der Waals surface area contributed by atoms with Gasteiger partial charge in [-0.1, -0.05) is 24.9 Å². The molecular weight excluding hydrogens is 242 g/mol. The van der Waals surface area contributed by atoms with Crippen molar-refractivity contribution in [3.8, 4) is 0 Å². The normalized spacial score (nSPS) is 24.8. The second-order valence-electron chi connectivity index (χ2n) is 5.50. The molecule has 0 spiro atoms.